The number of aliphatic carboxylic acids is 1. The monoisotopic (exact) mass is 370 g/mol. The fourth-order valence-corrected chi connectivity index (χ4v) is 3.65. The molecule has 0 radical (unpaired) electrons. The Hall–Kier alpha value is -1.41. The van der Waals surface area contributed by atoms with E-state index < -0.39 is 12.1 Å². The molecule has 0 saturated heterocycles. The van der Waals surface area contributed by atoms with Crippen molar-refractivity contribution in [2.24, 2.45) is 0 Å². The fraction of sp³-hybridized carbons (Fsp3) is 0.231. The molecule has 0 aliphatic heterocycles. The number of aromatic amines is 1. The second kappa shape index (κ2) is 4.61. The predicted molar refractivity (Wildman–Crippen MR) is 77.5 cm³/mol. The number of allylic oxidation sites excluding steroid dienone is 2. The summed E-state index contributed by atoms with van der Waals surface area (Å²) in [4.78, 5) is 11.0. The number of aromatic nitrogens is 2. The van der Waals surface area contributed by atoms with Crippen LogP contribution in [-0.4, -0.2) is 32.5 Å². The average Bonchev–Trinajstić information content (AvgIpc) is 2.98. The van der Waals surface area contributed by atoms with Crippen LogP contribution in [0.3, 0.4) is 0 Å². The summed E-state index contributed by atoms with van der Waals surface area (Å²) in [7, 11) is 0. The average molecular weight is 370 g/mol. The van der Waals surface area contributed by atoms with Crippen molar-refractivity contribution in [3.05, 3.63) is 44.3 Å². The van der Waals surface area contributed by atoms with Gasteiger partial charge in [0.15, 0.2) is 0 Å². The van der Waals surface area contributed by atoms with Crippen LogP contribution in [0.1, 0.15) is 18.5 Å². The highest BCUT2D eigenvalue weighted by Gasteiger charge is 2.34. The minimum absolute atomic E-state index is 0.352. The summed E-state index contributed by atoms with van der Waals surface area (Å²) >= 11 is 2.20. The van der Waals surface area contributed by atoms with Crippen LogP contribution in [0, 0.1) is 0 Å². The van der Waals surface area contributed by atoms with Gasteiger partial charge < -0.3 is 10.2 Å². The molecule has 2 aliphatic carbocycles. The second-order valence-corrected chi connectivity index (χ2v) is 5.58. The van der Waals surface area contributed by atoms with Crippen LogP contribution >= 0.6 is 22.6 Å². The topological polar surface area (TPSA) is 86.2 Å². The third kappa shape index (κ3) is 1.95. The molecular weight excluding hydrogens is 359 g/mol. The van der Waals surface area contributed by atoms with Crippen LogP contribution in [0.25, 0.3) is 5.57 Å². The quantitative estimate of drug-likeness (QED) is 0.696. The van der Waals surface area contributed by atoms with Crippen LogP contribution in [0.5, 0.6) is 0 Å². The molecule has 3 rings (SSSR count). The molecule has 0 amide bonds. The molecule has 1 unspecified atom stereocenters. The van der Waals surface area contributed by atoms with Crippen LogP contribution in [0.15, 0.2) is 38.6 Å². The first-order chi connectivity index (χ1) is 9.09. The zero-order valence-electron chi connectivity index (χ0n) is 9.85. The van der Waals surface area contributed by atoms with Crippen molar-refractivity contribution in [2.45, 2.75) is 18.9 Å². The molecule has 1 heterocycles. The summed E-state index contributed by atoms with van der Waals surface area (Å²) in [6.45, 7) is 0. The van der Waals surface area contributed by atoms with Crippen molar-refractivity contribution in [3.8, 4) is 0 Å². The van der Waals surface area contributed by atoms with E-state index >= 15 is 0 Å². The first-order valence-electron chi connectivity index (χ1n) is 5.84. The van der Waals surface area contributed by atoms with Gasteiger partial charge in [-0.3, -0.25) is 5.10 Å². The number of hydrogen-bond acceptors (Lipinski definition) is 3. The van der Waals surface area contributed by atoms with E-state index in [-0.39, 0.29) is 0 Å². The molecule has 0 bridgehead atoms. The number of nitrogens with one attached hydrogen (secondary N) is 1. The third-order valence-electron chi connectivity index (χ3n) is 3.44. The largest absolute Gasteiger partial charge is 0.478 e. The molecule has 0 spiro atoms. The van der Waals surface area contributed by atoms with Gasteiger partial charge >= 0.3 is 5.97 Å². The molecular formula is C13H11IN2O3. The van der Waals surface area contributed by atoms with E-state index in [2.05, 4.69) is 32.8 Å². The van der Waals surface area contributed by atoms with E-state index in [1.165, 1.54) is 0 Å². The molecule has 2 aliphatic rings. The van der Waals surface area contributed by atoms with Crippen LogP contribution in [0.2, 0.25) is 0 Å². The molecule has 0 fully saturated rings. The number of carboxylic acid groups (broad SMARTS) is 1. The van der Waals surface area contributed by atoms with E-state index in [1.54, 1.807) is 18.3 Å². The minimum Gasteiger partial charge on any atom is -0.478 e. The number of rotatable bonds is 2. The molecule has 98 valence electrons. The lowest BCUT2D eigenvalue weighted by atomic mass is 9.93. The van der Waals surface area contributed by atoms with Crippen molar-refractivity contribution in [1.29, 1.82) is 0 Å². The first-order valence-corrected chi connectivity index (χ1v) is 6.92. The summed E-state index contributed by atoms with van der Waals surface area (Å²) in [6, 6.07) is 1.80. The maximum absolute atomic E-state index is 11.0. The molecule has 6 heteroatoms. The van der Waals surface area contributed by atoms with Crippen molar-refractivity contribution in [1.82, 2.24) is 10.2 Å². The number of H-pyrrole nitrogens is 1. The van der Waals surface area contributed by atoms with Gasteiger partial charge in [0.2, 0.25) is 0 Å². The first kappa shape index (κ1) is 12.6. The van der Waals surface area contributed by atoms with Gasteiger partial charge in [0.05, 0.1) is 5.69 Å². The Bertz CT molecular complexity index is 641. The minimum atomic E-state index is -0.915. The highest BCUT2D eigenvalue weighted by Crippen LogP contribution is 2.46. The number of aliphatic hydroxyl groups is 1. The number of nitrogens with zero attached hydrogens (tertiary/aromatic N) is 1. The smallest absolute Gasteiger partial charge is 0.331 e. The molecule has 3 N–H and O–H groups in total. The van der Waals surface area contributed by atoms with Crippen LogP contribution in [0.4, 0.5) is 0 Å². The van der Waals surface area contributed by atoms with E-state index in [4.69, 9.17) is 5.11 Å². The van der Waals surface area contributed by atoms with Crippen molar-refractivity contribution in [2.75, 3.05) is 0 Å². The second-order valence-electron chi connectivity index (χ2n) is 4.50. The highest BCUT2D eigenvalue weighted by molar-refractivity contribution is 14.1. The molecule has 0 aromatic carbocycles. The maximum atomic E-state index is 11.0. The fourth-order valence-electron chi connectivity index (χ4n) is 2.50. The van der Waals surface area contributed by atoms with E-state index in [9.17, 15) is 9.90 Å². The standard InChI is InChI=1S/C13H11IN2O3/c14-11-7-2-1-6(13(18)19)5-8(7)12(17)10(11)9-3-4-15-16-9/h3-5,12,17H,1-2H2,(H,15,16)(H,18,19). The lowest BCUT2D eigenvalue weighted by molar-refractivity contribution is -0.132. The van der Waals surface area contributed by atoms with Gasteiger partial charge in [-0.15, -0.1) is 0 Å². The lowest BCUT2D eigenvalue weighted by Crippen LogP contribution is -2.13. The van der Waals surface area contributed by atoms with Gasteiger partial charge in [-0.25, -0.2) is 4.79 Å². The summed E-state index contributed by atoms with van der Waals surface area (Å²) in [6.07, 6.45) is 3.66. The predicted octanol–water partition coefficient (Wildman–Crippen LogP) is 2.03. The Morgan fingerprint density at radius 1 is 1.47 bits per heavy atom. The van der Waals surface area contributed by atoms with E-state index in [1.807, 2.05) is 0 Å². The Labute approximate surface area is 122 Å². The molecule has 0 saturated carbocycles. The summed E-state index contributed by atoms with van der Waals surface area (Å²) in [5.74, 6) is -0.915. The molecule has 1 atom stereocenters. The van der Waals surface area contributed by atoms with Gasteiger partial charge in [-0.1, -0.05) is 0 Å². The number of halogens is 1. The van der Waals surface area contributed by atoms with Crippen molar-refractivity contribution >= 4 is 34.1 Å². The number of aliphatic hydroxyl groups excluding tert-OH is 1. The Balaban J connectivity index is 2.05. The Kier molecular flexibility index (Phi) is 3.06. The van der Waals surface area contributed by atoms with Gasteiger partial charge in [0.25, 0.3) is 0 Å². The number of hydrogen-bond donors (Lipinski definition) is 3. The third-order valence-corrected chi connectivity index (χ3v) is 4.68. The van der Waals surface area contributed by atoms with Gasteiger partial charge in [0, 0.05) is 20.9 Å². The molecule has 5 nitrogen and oxygen atoms in total. The lowest BCUT2D eigenvalue weighted by Gasteiger charge is -2.15. The van der Waals surface area contributed by atoms with Gasteiger partial charge in [-0.2, -0.15) is 5.10 Å². The van der Waals surface area contributed by atoms with Gasteiger partial charge in [0.1, 0.15) is 6.10 Å². The normalized spacial score (nSPS) is 22.6. The summed E-state index contributed by atoms with van der Waals surface area (Å²) in [5, 5.41) is 26.3. The molecule has 19 heavy (non-hydrogen) atoms. The maximum Gasteiger partial charge on any atom is 0.331 e. The van der Waals surface area contributed by atoms with E-state index in [0.29, 0.717) is 29.7 Å². The van der Waals surface area contributed by atoms with Crippen LogP contribution < -0.4 is 0 Å². The zero-order chi connectivity index (χ0) is 13.6. The number of carboxylic acids is 1. The van der Waals surface area contributed by atoms with E-state index in [0.717, 1.165) is 14.7 Å². The van der Waals surface area contributed by atoms with Crippen molar-refractivity contribution in [3.63, 3.8) is 0 Å². The molecule has 1 aromatic heterocycles. The SMILES string of the molecule is O=C(O)C1=CC2=C(CC1)C(I)=C(c1cc[nH]n1)C2O. The summed E-state index contributed by atoms with van der Waals surface area (Å²) in [5.41, 5.74) is 3.55. The zero-order valence-corrected chi connectivity index (χ0v) is 12.0. The Morgan fingerprint density at radius 3 is 2.89 bits per heavy atom. The number of carbonyl (C=O) groups is 1. The van der Waals surface area contributed by atoms with Gasteiger partial charge in [-0.05, 0) is 58.7 Å². The van der Waals surface area contributed by atoms with Crippen LogP contribution in [-0.2, 0) is 4.79 Å². The Morgan fingerprint density at radius 2 is 2.26 bits per heavy atom. The molecule has 1 aromatic rings. The highest BCUT2D eigenvalue weighted by atomic mass is 127. The summed E-state index contributed by atoms with van der Waals surface area (Å²) < 4.78 is 0.980. The van der Waals surface area contributed by atoms with Crippen molar-refractivity contribution < 1.29 is 15.0 Å².